The summed E-state index contributed by atoms with van der Waals surface area (Å²) in [4.78, 5) is 39.7. The van der Waals surface area contributed by atoms with Gasteiger partial charge in [-0.2, -0.15) is 13.1 Å². The number of anilines is 1. The van der Waals surface area contributed by atoms with E-state index in [9.17, 15) is 28.1 Å². The minimum Gasteiger partial charge on any atom is -0.364 e. The molecule has 2 aliphatic heterocycles. The fourth-order valence-electron chi connectivity index (χ4n) is 4.55. The van der Waals surface area contributed by atoms with E-state index in [0.717, 1.165) is 0 Å². The van der Waals surface area contributed by atoms with Gasteiger partial charge in [0.2, 0.25) is 11.8 Å². The first-order valence-electron chi connectivity index (χ1n) is 12.4. The third-order valence-corrected chi connectivity index (χ3v) is 7.27. The molecule has 0 aliphatic carbocycles. The van der Waals surface area contributed by atoms with Crippen molar-refractivity contribution in [3.63, 3.8) is 0 Å². The number of benzene rings is 1. The Hall–Kier alpha value is -3.50. The van der Waals surface area contributed by atoms with Gasteiger partial charge in [-0.1, -0.05) is 18.2 Å². The topological polar surface area (TPSA) is 202 Å². The number of carbonyl (C=O) groups is 2. The molecule has 0 aromatic heterocycles. The predicted molar refractivity (Wildman–Crippen MR) is 138 cm³/mol. The number of nitrogens with zero attached hydrogens (tertiary/aromatic N) is 4. The Bertz CT molecular complexity index is 1120. The van der Waals surface area contributed by atoms with Gasteiger partial charge in [0.1, 0.15) is 11.1 Å². The number of nitrogens with two attached hydrogens (primary N) is 1. The summed E-state index contributed by atoms with van der Waals surface area (Å²) in [6, 6.07) is 6.71. The number of piperidine rings is 1. The van der Waals surface area contributed by atoms with Gasteiger partial charge in [0.25, 0.3) is 16.2 Å². The molecule has 5 N–H and O–H groups in total. The van der Waals surface area contributed by atoms with Crippen LogP contribution >= 0.6 is 0 Å². The Labute approximate surface area is 221 Å². The summed E-state index contributed by atoms with van der Waals surface area (Å²) in [5, 5.41) is 15.9. The molecule has 15 nitrogen and oxygen atoms in total. The molecular formula is C22H34N8O7S. The lowest BCUT2D eigenvalue weighted by Gasteiger charge is -2.40. The molecule has 0 radical (unpaired) electrons. The van der Waals surface area contributed by atoms with E-state index in [4.69, 9.17) is 10.5 Å². The number of rotatable bonds is 10. The molecule has 1 aromatic carbocycles. The summed E-state index contributed by atoms with van der Waals surface area (Å²) in [6.45, 7) is 2.39. The standard InChI is InChI=1S/C22H34N8O7S/c1-2-37-21-18(12-8-14-29(21)22(23)25-30(33)34)24-19(31)15-28-13-7-6-11-17(20(28)32)27-38(35,36)26-16-9-4-3-5-10-16/h3-5,9-10,17-18,21,26-27H,2,6-8,11-15H2,1H3,(H2,23,25)(H,24,31)/t17-,18-,21?/m0/s1. The predicted octanol–water partition coefficient (Wildman–Crippen LogP) is -0.236. The summed E-state index contributed by atoms with van der Waals surface area (Å²) in [6.07, 6.45) is 1.83. The minimum atomic E-state index is -4.04. The molecule has 38 heavy (non-hydrogen) atoms. The van der Waals surface area contributed by atoms with Crippen LogP contribution in [0, 0.1) is 10.1 Å². The van der Waals surface area contributed by atoms with Crippen LogP contribution in [0.25, 0.3) is 0 Å². The van der Waals surface area contributed by atoms with Gasteiger partial charge in [0, 0.05) is 25.4 Å². The third kappa shape index (κ3) is 8.26. The van der Waals surface area contributed by atoms with Crippen LogP contribution in [0.5, 0.6) is 0 Å². The van der Waals surface area contributed by atoms with Gasteiger partial charge in [-0.15, -0.1) is 0 Å². The number of nitrogens with one attached hydrogen (secondary N) is 3. The second-order valence-electron chi connectivity index (χ2n) is 8.95. The number of hydrogen-bond acceptors (Lipinski definition) is 7. The zero-order valence-electron chi connectivity index (χ0n) is 21.1. The lowest BCUT2D eigenvalue weighted by Crippen LogP contribution is -2.61. The highest BCUT2D eigenvalue weighted by molar-refractivity contribution is 7.90. The van der Waals surface area contributed by atoms with Crippen LogP contribution in [-0.4, -0.2) is 85.6 Å². The van der Waals surface area contributed by atoms with Crippen molar-refractivity contribution >= 4 is 33.7 Å². The first kappa shape index (κ1) is 29.1. The first-order valence-corrected chi connectivity index (χ1v) is 13.9. The average Bonchev–Trinajstić information content (AvgIpc) is 3.01. The monoisotopic (exact) mass is 554 g/mol. The highest BCUT2D eigenvalue weighted by Crippen LogP contribution is 2.20. The molecule has 0 saturated carbocycles. The summed E-state index contributed by atoms with van der Waals surface area (Å²) >= 11 is 0. The molecule has 2 fully saturated rings. The molecule has 16 heteroatoms. The van der Waals surface area contributed by atoms with Crippen molar-refractivity contribution in [3.8, 4) is 0 Å². The van der Waals surface area contributed by atoms with Crippen molar-refractivity contribution < 1.29 is 27.8 Å². The molecule has 210 valence electrons. The second-order valence-corrected chi connectivity index (χ2v) is 10.4. The summed E-state index contributed by atoms with van der Waals surface area (Å²) in [5.41, 5.74) is 6.14. The maximum Gasteiger partial charge on any atom is 0.299 e. The van der Waals surface area contributed by atoms with E-state index in [-0.39, 0.29) is 19.1 Å². The van der Waals surface area contributed by atoms with Crippen LogP contribution in [0.1, 0.15) is 39.0 Å². The molecule has 2 aliphatic rings. The first-order chi connectivity index (χ1) is 18.1. The molecule has 2 heterocycles. The Kier molecular flexibility index (Phi) is 10.2. The Morgan fingerprint density at radius 1 is 1.21 bits per heavy atom. The van der Waals surface area contributed by atoms with E-state index in [1.54, 1.807) is 37.3 Å². The maximum atomic E-state index is 13.2. The lowest BCUT2D eigenvalue weighted by atomic mass is 10.0. The van der Waals surface area contributed by atoms with Crippen molar-refractivity contribution in [2.75, 3.05) is 31.0 Å². The van der Waals surface area contributed by atoms with E-state index >= 15 is 0 Å². The largest absolute Gasteiger partial charge is 0.364 e. The van der Waals surface area contributed by atoms with E-state index in [0.29, 0.717) is 50.9 Å². The normalized spacial score (nSPS) is 23.0. The number of nitro groups is 1. The fourth-order valence-corrected chi connectivity index (χ4v) is 5.65. The Balaban J connectivity index is 1.64. The number of amides is 2. The number of para-hydroxylation sites is 1. The molecule has 3 rings (SSSR count). The molecule has 0 bridgehead atoms. The van der Waals surface area contributed by atoms with Crippen LogP contribution in [0.3, 0.4) is 0 Å². The minimum absolute atomic E-state index is 0.267. The molecule has 3 atom stereocenters. The van der Waals surface area contributed by atoms with Crippen LogP contribution in [0.15, 0.2) is 35.4 Å². The van der Waals surface area contributed by atoms with E-state index in [2.05, 4.69) is 19.9 Å². The lowest BCUT2D eigenvalue weighted by molar-refractivity contribution is -0.486. The third-order valence-electron chi connectivity index (χ3n) is 6.17. The highest BCUT2D eigenvalue weighted by Gasteiger charge is 2.36. The highest BCUT2D eigenvalue weighted by atomic mass is 32.2. The number of carbonyl (C=O) groups excluding carboxylic acids is 2. The van der Waals surface area contributed by atoms with Crippen molar-refractivity contribution in [1.29, 1.82) is 0 Å². The molecule has 0 spiro atoms. The number of likely N-dealkylation sites (tertiary alicyclic amines) is 2. The van der Waals surface area contributed by atoms with Crippen LogP contribution < -0.4 is 20.5 Å². The number of guanidine groups is 1. The molecule has 2 saturated heterocycles. The smallest absolute Gasteiger partial charge is 0.299 e. The van der Waals surface area contributed by atoms with Crippen molar-refractivity contribution in [2.45, 2.75) is 57.3 Å². The average molecular weight is 555 g/mol. The Morgan fingerprint density at radius 2 is 1.95 bits per heavy atom. The van der Waals surface area contributed by atoms with E-state index in [1.807, 2.05) is 0 Å². The Morgan fingerprint density at radius 3 is 2.63 bits per heavy atom. The van der Waals surface area contributed by atoms with Crippen LogP contribution in [-0.2, 0) is 24.5 Å². The molecule has 1 unspecified atom stereocenters. The van der Waals surface area contributed by atoms with Gasteiger partial charge in [0.05, 0.1) is 12.6 Å². The summed E-state index contributed by atoms with van der Waals surface area (Å²) in [7, 11) is -4.04. The van der Waals surface area contributed by atoms with Gasteiger partial charge in [-0.25, -0.2) is 10.1 Å². The van der Waals surface area contributed by atoms with E-state index in [1.165, 1.54) is 9.80 Å². The fraction of sp³-hybridized carbons (Fsp3) is 0.591. The van der Waals surface area contributed by atoms with Gasteiger partial charge in [0.15, 0.2) is 11.3 Å². The number of hydrogen-bond donors (Lipinski definition) is 4. The van der Waals surface area contributed by atoms with Crippen molar-refractivity contribution in [3.05, 3.63) is 40.4 Å². The van der Waals surface area contributed by atoms with E-state index < -0.39 is 45.4 Å². The summed E-state index contributed by atoms with van der Waals surface area (Å²) in [5.74, 6) is -1.29. The van der Waals surface area contributed by atoms with Gasteiger partial charge < -0.3 is 25.6 Å². The van der Waals surface area contributed by atoms with Gasteiger partial charge >= 0.3 is 0 Å². The van der Waals surface area contributed by atoms with Gasteiger partial charge in [-0.3, -0.25) is 14.3 Å². The SMILES string of the molecule is CCOC1[C@@H](NC(=O)CN2CCCC[C@H](NS(=O)(=O)Nc3ccccc3)C2=O)CCCN1/C(N)=N/[N+](=O)[O-]. The van der Waals surface area contributed by atoms with Crippen LogP contribution in [0.2, 0.25) is 0 Å². The molecule has 2 amide bonds. The molecular weight excluding hydrogens is 520 g/mol. The zero-order chi connectivity index (χ0) is 27.7. The van der Waals surface area contributed by atoms with Crippen molar-refractivity contribution in [2.24, 2.45) is 10.8 Å². The maximum absolute atomic E-state index is 13.2. The quantitative estimate of drug-likeness (QED) is 0.130. The zero-order valence-corrected chi connectivity index (χ0v) is 21.9. The van der Waals surface area contributed by atoms with Gasteiger partial charge in [-0.05, 0) is 51.2 Å². The number of hydrazone groups is 1. The summed E-state index contributed by atoms with van der Waals surface area (Å²) < 4.78 is 35.8. The van der Waals surface area contributed by atoms with Crippen molar-refractivity contribution in [1.82, 2.24) is 19.8 Å². The van der Waals surface area contributed by atoms with Crippen LogP contribution in [0.4, 0.5) is 5.69 Å². The number of ether oxygens (including phenoxy) is 1. The molecule has 1 aromatic rings. The second kappa shape index (κ2) is 13.3.